The van der Waals surface area contributed by atoms with Crippen molar-refractivity contribution in [3.63, 3.8) is 0 Å². The minimum atomic E-state index is -0.755. The molecule has 0 aliphatic heterocycles. The smallest absolute Gasteiger partial charge is 0.144 e. The van der Waals surface area contributed by atoms with E-state index in [1.54, 1.807) is 6.07 Å². The van der Waals surface area contributed by atoms with Crippen molar-refractivity contribution in [1.82, 2.24) is 0 Å². The van der Waals surface area contributed by atoms with E-state index < -0.39 is 17.2 Å². The molecule has 2 nitrogen and oxygen atoms in total. The number of halogens is 2. The van der Waals surface area contributed by atoms with Crippen molar-refractivity contribution in [2.75, 3.05) is 0 Å². The second kappa shape index (κ2) is 6.32. The van der Waals surface area contributed by atoms with Crippen molar-refractivity contribution in [2.45, 2.75) is 51.0 Å². The fourth-order valence-corrected chi connectivity index (χ4v) is 3.15. The second-order valence-corrected chi connectivity index (χ2v) is 5.66. The van der Waals surface area contributed by atoms with Gasteiger partial charge in [-0.2, -0.15) is 5.26 Å². The van der Waals surface area contributed by atoms with Crippen LogP contribution < -0.4 is 5.73 Å². The van der Waals surface area contributed by atoms with Crippen LogP contribution in [-0.4, -0.2) is 6.04 Å². The van der Waals surface area contributed by atoms with E-state index in [9.17, 15) is 8.78 Å². The van der Waals surface area contributed by atoms with Crippen molar-refractivity contribution in [2.24, 2.45) is 11.7 Å². The van der Waals surface area contributed by atoms with Crippen molar-refractivity contribution in [3.8, 4) is 6.07 Å². The van der Waals surface area contributed by atoms with Gasteiger partial charge in [0.05, 0.1) is 0 Å². The topological polar surface area (TPSA) is 49.8 Å². The first-order valence-corrected chi connectivity index (χ1v) is 7.21. The molecule has 0 radical (unpaired) electrons. The van der Waals surface area contributed by atoms with E-state index in [2.05, 4.69) is 6.92 Å². The van der Waals surface area contributed by atoms with Crippen molar-refractivity contribution in [1.29, 1.82) is 5.26 Å². The van der Waals surface area contributed by atoms with Gasteiger partial charge in [0.2, 0.25) is 0 Å². The molecule has 1 atom stereocenters. The molecule has 0 saturated heterocycles. The monoisotopic (exact) mass is 278 g/mol. The zero-order valence-corrected chi connectivity index (χ0v) is 11.7. The minimum absolute atomic E-state index is 0.173. The zero-order chi connectivity index (χ0) is 14.7. The molecule has 1 aromatic rings. The van der Waals surface area contributed by atoms with E-state index in [1.807, 2.05) is 0 Å². The minimum Gasteiger partial charge on any atom is -0.327 e. The van der Waals surface area contributed by atoms with Crippen LogP contribution in [0, 0.1) is 28.9 Å². The lowest BCUT2D eigenvalue weighted by atomic mass is 9.75. The highest BCUT2D eigenvalue weighted by atomic mass is 19.1. The molecule has 0 heterocycles. The van der Waals surface area contributed by atoms with Crippen LogP contribution in [-0.2, 0) is 0 Å². The Balaban J connectivity index is 2.10. The first-order valence-electron chi connectivity index (χ1n) is 7.21. The highest BCUT2D eigenvalue weighted by Crippen LogP contribution is 2.37. The number of rotatable bonds is 3. The molecule has 0 bridgehead atoms. The fourth-order valence-electron chi connectivity index (χ4n) is 3.15. The van der Waals surface area contributed by atoms with Gasteiger partial charge >= 0.3 is 0 Å². The maximum Gasteiger partial charge on any atom is 0.144 e. The molecule has 108 valence electrons. The standard InChI is InChI=1S/C16H20F2N2/c1-2-16(20)11-5-3-10(4-6-11)12-7-14(17)13(9-19)15(18)8-12/h7-8,10-11,16H,2-6,20H2,1H3. The molecule has 1 fully saturated rings. The molecular formula is C16H20F2N2. The predicted octanol–water partition coefficient (Wildman–Crippen LogP) is 3.85. The Morgan fingerprint density at radius 1 is 1.25 bits per heavy atom. The molecule has 1 aliphatic rings. The number of nitrogens with zero attached hydrogens (tertiary/aromatic N) is 1. The lowest BCUT2D eigenvalue weighted by molar-refractivity contribution is 0.277. The quantitative estimate of drug-likeness (QED) is 0.913. The molecule has 2 rings (SSSR count). The van der Waals surface area contributed by atoms with Gasteiger partial charge in [0.1, 0.15) is 23.3 Å². The third-order valence-electron chi connectivity index (χ3n) is 4.50. The van der Waals surface area contributed by atoms with Gasteiger partial charge in [-0.05, 0) is 61.6 Å². The fraction of sp³-hybridized carbons (Fsp3) is 0.562. The summed E-state index contributed by atoms with van der Waals surface area (Å²) in [7, 11) is 0. The summed E-state index contributed by atoms with van der Waals surface area (Å²) in [6, 6.07) is 4.41. The zero-order valence-electron chi connectivity index (χ0n) is 11.7. The Hall–Kier alpha value is -1.47. The van der Waals surface area contributed by atoms with Crippen LogP contribution in [0.2, 0.25) is 0 Å². The Morgan fingerprint density at radius 3 is 2.25 bits per heavy atom. The van der Waals surface area contributed by atoms with Gasteiger partial charge < -0.3 is 5.73 Å². The van der Waals surface area contributed by atoms with Crippen LogP contribution in [0.4, 0.5) is 8.78 Å². The second-order valence-electron chi connectivity index (χ2n) is 5.66. The number of benzene rings is 1. The van der Waals surface area contributed by atoms with Crippen LogP contribution in [0.1, 0.15) is 56.1 Å². The third-order valence-corrected chi connectivity index (χ3v) is 4.50. The van der Waals surface area contributed by atoms with Gasteiger partial charge in [-0.15, -0.1) is 0 Å². The van der Waals surface area contributed by atoms with Crippen LogP contribution >= 0.6 is 0 Å². The van der Waals surface area contributed by atoms with Gasteiger partial charge in [-0.25, -0.2) is 8.78 Å². The number of nitrogens with two attached hydrogens (primary N) is 1. The summed E-state index contributed by atoms with van der Waals surface area (Å²) in [4.78, 5) is 0. The molecule has 1 saturated carbocycles. The first kappa shape index (κ1) is 14.9. The number of nitriles is 1. The van der Waals surface area contributed by atoms with E-state index in [-0.39, 0.29) is 12.0 Å². The largest absolute Gasteiger partial charge is 0.327 e. The molecule has 1 aromatic carbocycles. The van der Waals surface area contributed by atoms with E-state index >= 15 is 0 Å². The Morgan fingerprint density at radius 2 is 1.80 bits per heavy atom. The summed E-state index contributed by atoms with van der Waals surface area (Å²) in [6.45, 7) is 2.09. The normalized spacial score (nSPS) is 24.1. The molecule has 0 spiro atoms. The summed E-state index contributed by atoms with van der Waals surface area (Å²) in [5, 5.41) is 8.68. The van der Waals surface area contributed by atoms with Gasteiger partial charge in [0.15, 0.2) is 0 Å². The summed E-state index contributed by atoms with van der Waals surface area (Å²) >= 11 is 0. The Kier molecular flexibility index (Phi) is 4.72. The summed E-state index contributed by atoms with van der Waals surface area (Å²) < 4.78 is 27.3. The van der Waals surface area contributed by atoms with Crippen LogP contribution in [0.3, 0.4) is 0 Å². The Bertz CT molecular complexity index is 491. The SMILES string of the molecule is CCC(N)C1CCC(c2cc(F)c(C#N)c(F)c2)CC1. The molecule has 4 heteroatoms. The van der Waals surface area contributed by atoms with E-state index in [1.165, 1.54) is 12.1 Å². The predicted molar refractivity (Wildman–Crippen MR) is 74.0 cm³/mol. The maximum absolute atomic E-state index is 13.6. The van der Waals surface area contributed by atoms with Crippen LogP contribution in [0.25, 0.3) is 0 Å². The van der Waals surface area contributed by atoms with Crippen LogP contribution in [0.15, 0.2) is 12.1 Å². The van der Waals surface area contributed by atoms with Crippen molar-refractivity contribution >= 4 is 0 Å². The average Bonchev–Trinajstić information content (AvgIpc) is 2.46. The average molecular weight is 278 g/mol. The van der Waals surface area contributed by atoms with Gasteiger partial charge in [-0.1, -0.05) is 6.92 Å². The molecule has 1 unspecified atom stereocenters. The third kappa shape index (κ3) is 2.99. The van der Waals surface area contributed by atoms with E-state index in [4.69, 9.17) is 11.0 Å². The molecule has 0 aromatic heterocycles. The van der Waals surface area contributed by atoms with Gasteiger partial charge in [-0.3, -0.25) is 0 Å². The summed E-state index contributed by atoms with van der Waals surface area (Å²) in [6.07, 6.45) is 4.79. The van der Waals surface area contributed by atoms with Crippen LogP contribution in [0.5, 0.6) is 0 Å². The molecule has 1 aliphatic carbocycles. The van der Waals surface area contributed by atoms with E-state index in [0.717, 1.165) is 32.1 Å². The van der Waals surface area contributed by atoms with Crippen molar-refractivity contribution in [3.05, 3.63) is 34.9 Å². The molecule has 20 heavy (non-hydrogen) atoms. The Labute approximate surface area is 118 Å². The molecule has 0 amide bonds. The van der Waals surface area contributed by atoms with Gasteiger partial charge in [0.25, 0.3) is 0 Å². The molecular weight excluding hydrogens is 258 g/mol. The lowest BCUT2D eigenvalue weighted by Crippen LogP contribution is -2.32. The summed E-state index contributed by atoms with van der Waals surface area (Å²) in [5.41, 5.74) is 6.24. The highest BCUT2D eigenvalue weighted by Gasteiger charge is 2.26. The highest BCUT2D eigenvalue weighted by molar-refractivity contribution is 5.36. The van der Waals surface area contributed by atoms with Crippen molar-refractivity contribution < 1.29 is 8.78 Å². The first-order chi connectivity index (χ1) is 9.56. The summed E-state index contributed by atoms with van der Waals surface area (Å²) in [5.74, 6) is -0.818. The number of hydrogen-bond donors (Lipinski definition) is 1. The van der Waals surface area contributed by atoms with E-state index in [0.29, 0.717) is 11.5 Å². The van der Waals surface area contributed by atoms with Gasteiger partial charge in [0, 0.05) is 6.04 Å². The maximum atomic E-state index is 13.6. The lowest BCUT2D eigenvalue weighted by Gasteiger charge is -2.32. The number of hydrogen-bond acceptors (Lipinski definition) is 2. The molecule has 2 N–H and O–H groups in total.